The molecule has 3 heteroatoms. The average molecular weight is 267 g/mol. The van der Waals surface area contributed by atoms with Crippen LogP contribution in [-0.4, -0.2) is 13.2 Å². The van der Waals surface area contributed by atoms with Crippen molar-refractivity contribution in [3.05, 3.63) is 59.2 Å². The molecule has 0 fully saturated rings. The van der Waals surface area contributed by atoms with Crippen LogP contribution in [0.5, 0.6) is 11.5 Å². The van der Waals surface area contributed by atoms with Crippen molar-refractivity contribution in [3.8, 4) is 17.6 Å². The first-order chi connectivity index (χ1) is 9.67. The molecule has 0 aliphatic heterocycles. The maximum atomic E-state index is 8.80. The van der Waals surface area contributed by atoms with Crippen LogP contribution in [0.2, 0.25) is 0 Å². The maximum absolute atomic E-state index is 8.80. The van der Waals surface area contributed by atoms with Gasteiger partial charge in [-0.25, -0.2) is 0 Å². The van der Waals surface area contributed by atoms with Crippen LogP contribution in [0.25, 0.3) is 0 Å². The van der Waals surface area contributed by atoms with Gasteiger partial charge in [0.05, 0.1) is 11.6 Å². The second-order valence-corrected chi connectivity index (χ2v) is 4.66. The zero-order valence-corrected chi connectivity index (χ0v) is 11.7. The number of nitriles is 1. The Morgan fingerprint density at radius 2 is 1.55 bits per heavy atom. The lowest BCUT2D eigenvalue weighted by atomic mass is 10.1. The minimum atomic E-state index is 0.446. The molecule has 0 saturated carbocycles. The smallest absolute Gasteiger partial charge is 0.122 e. The fourth-order valence-electron chi connectivity index (χ4n) is 1.99. The van der Waals surface area contributed by atoms with E-state index in [2.05, 4.69) is 12.1 Å². The summed E-state index contributed by atoms with van der Waals surface area (Å²) in [5, 5.41) is 8.80. The molecule has 0 N–H and O–H groups in total. The number of hydrogen-bond donors (Lipinski definition) is 0. The molecule has 2 rings (SSSR count). The van der Waals surface area contributed by atoms with Crippen LogP contribution < -0.4 is 9.47 Å². The Labute approximate surface area is 119 Å². The van der Waals surface area contributed by atoms with E-state index in [1.807, 2.05) is 32.0 Å². The topological polar surface area (TPSA) is 42.2 Å². The zero-order valence-electron chi connectivity index (χ0n) is 11.7. The average Bonchev–Trinajstić information content (AvgIpc) is 2.43. The third-order valence-corrected chi connectivity index (χ3v) is 2.78. The van der Waals surface area contributed by atoms with Crippen LogP contribution in [0.1, 0.15) is 16.7 Å². The van der Waals surface area contributed by atoms with E-state index in [0.29, 0.717) is 24.5 Å². The summed E-state index contributed by atoms with van der Waals surface area (Å²) in [6, 6.07) is 15.3. The summed E-state index contributed by atoms with van der Waals surface area (Å²) in [5.74, 6) is 1.55. The molecule has 102 valence electrons. The van der Waals surface area contributed by atoms with Gasteiger partial charge in [0.25, 0.3) is 0 Å². The second-order valence-electron chi connectivity index (χ2n) is 4.66. The standard InChI is InChI=1S/C17H17NO2/c1-13-8-14(2)10-17(9-13)20-7-6-19-16-5-3-4-15(11-16)12-18/h3-5,8-11H,6-7H2,1-2H3. The fraction of sp³-hybridized carbons (Fsp3) is 0.235. The summed E-state index contributed by atoms with van der Waals surface area (Å²) in [7, 11) is 0. The minimum absolute atomic E-state index is 0.446. The quantitative estimate of drug-likeness (QED) is 0.777. The summed E-state index contributed by atoms with van der Waals surface area (Å²) in [4.78, 5) is 0. The molecule has 20 heavy (non-hydrogen) atoms. The Hall–Kier alpha value is -2.47. The first kappa shape index (κ1) is 14.0. The van der Waals surface area contributed by atoms with Gasteiger partial charge < -0.3 is 9.47 Å². The number of aryl methyl sites for hydroxylation is 2. The molecule has 0 bridgehead atoms. The predicted molar refractivity (Wildman–Crippen MR) is 78.1 cm³/mol. The molecule has 0 unspecified atom stereocenters. The van der Waals surface area contributed by atoms with Gasteiger partial charge in [-0.15, -0.1) is 0 Å². The molecule has 0 atom stereocenters. The van der Waals surface area contributed by atoms with E-state index in [4.69, 9.17) is 14.7 Å². The van der Waals surface area contributed by atoms with E-state index in [9.17, 15) is 0 Å². The maximum Gasteiger partial charge on any atom is 0.122 e. The Morgan fingerprint density at radius 1 is 0.900 bits per heavy atom. The van der Waals surface area contributed by atoms with Crippen molar-refractivity contribution in [2.75, 3.05) is 13.2 Å². The van der Waals surface area contributed by atoms with Crippen molar-refractivity contribution in [2.24, 2.45) is 0 Å². The van der Waals surface area contributed by atoms with Gasteiger partial charge in [-0.05, 0) is 55.3 Å². The summed E-state index contributed by atoms with van der Waals surface area (Å²) in [5.41, 5.74) is 2.96. The van der Waals surface area contributed by atoms with Crippen LogP contribution in [0.15, 0.2) is 42.5 Å². The van der Waals surface area contributed by atoms with Crippen molar-refractivity contribution >= 4 is 0 Å². The lowest BCUT2D eigenvalue weighted by molar-refractivity contribution is 0.217. The Kier molecular flexibility index (Phi) is 4.62. The molecule has 0 saturated heterocycles. The van der Waals surface area contributed by atoms with Crippen molar-refractivity contribution in [1.82, 2.24) is 0 Å². The third-order valence-electron chi connectivity index (χ3n) is 2.78. The van der Waals surface area contributed by atoms with Gasteiger partial charge in [0.1, 0.15) is 24.7 Å². The van der Waals surface area contributed by atoms with Crippen molar-refractivity contribution in [1.29, 1.82) is 5.26 Å². The molecule has 2 aromatic rings. The monoisotopic (exact) mass is 267 g/mol. The van der Waals surface area contributed by atoms with E-state index in [1.165, 1.54) is 11.1 Å². The van der Waals surface area contributed by atoms with E-state index in [1.54, 1.807) is 18.2 Å². The molecular weight excluding hydrogens is 250 g/mol. The first-order valence-corrected chi connectivity index (χ1v) is 6.51. The summed E-state index contributed by atoms with van der Waals surface area (Å²) in [6.45, 7) is 5.01. The molecule has 3 nitrogen and oxygen atoms in total. The largest absolute Gasteiger partial charge is 0.490 e. The summed E-state index contributed by atoms with van der Waals surface area (Å²) in [6.07, 6.45) is 0. The zero-order chi connectivity index (χ0) is 14.4. The van der Waals surface area contributed by atoms with Crippen LogP contribution >= 0.6 is 0 Å². The first-order valence-electron chi connectivity index (χ1n) is 6.51. The Morgan fingerprint density at radius 3 is 2.20 bits per heavy atom. The van der Waals surface area contributed by atoms with Gasteiger partial charge in [0, 0.05) is 0 Å². The van der Waals surface area contributed by atoms with Gasteiger partial charge in [-0.3, -0.25) is 0 Å². The number of hydrogen-bond acceptors (Lipinski definition) is 3. The predicted octanol–water partition coefficient (Wildman–Crippen LogP) is 3.63. The normalized spacial score (nSPS) is 9.85. The molecule has 2 aromatic carbocycles. The third kappa shape index (κ3) is 4.03. The van der Waals surface area contributed by atoms with Gasteiger partial charge >= 0.3 is 0 Å². The van der Waals surface area contributed by atoms with Crippen LogP contribution in [-0.2, 0) is 0 Å². The van der Waals surface area contributed by atoms with E-state index >= 15 is 0 Å². The van der Waals surface area contributed by atoms with Crippen molar-refractivity contribution < 1.29 is 9.47 Å². The van der Waals surface area contributed by atoms with Crippen molar-refractivity contribution in [3.63, 3.8) is 0 Å². The molecular formula is C17H17NO2. The fourth-order valence-corrected chi connectivity index (χ4v) is 1.99. The van der Waals surface area contributed by atoms with Crippen LogP contribution in [0.3, 0.4) is 0 Å². The molecule has 0 aromatic heterocycles. The molecule has 0 radical (unpaired) electrons. The molecule has 0 aliphatic carbocycles. The number of rotatable bonds is 5. The molecule has 0 aliphatic rings. The van der Waals surface area contributed by atoms with Crippen LogP contribution in [0, 0.1) is 25.2 Å². The SMILES string of the molecule is Cc1cc(C)cc(OCCOc2cccc(C#N)c2)c1. The molecule has 0 heterocycles. The lowest BCUT2D eigenvalue weighted by Gasteiger charge is -2.09. The highest BCUT2D eigenvalue weighted by molar-refractivity contribution is 5.36. The van der Waals surface area contributed by atoms with E-state index in [0.717, 1.165) is 5.75 Å². The van der Waals surface area contributed by atoms with E-state index < -0.39 is 0 Å². The Bertz CT molecular complexity index is 609. The highest BCUT2D eigenvalue weighted by Gasteiger charge is 1.99. The second kappa shape index (κ2) is 6.63. The van der Waals surface area contributed by atoms with E-state index in [-0.39, 0.29) is 0 Å². The van der Waals surface area contributed by atoms with Gasteiger partial charge in [0.15, 0.2) is 0 Å². The van der Waals surface area contributed by atoms with Gasteiger partial charge in [-0.1, -0.05) is 12.1 Å². The lowest BCUT2D eigenvalue weighted by Crippen LogP contribution is -2.09. The minimum Gasteiger partial charge on any atom is -0.490 e. The summed E-state index contributed by atoms with van der Waals surface area (Å²) >= 11 is 0. The highest BCUT2D eigenvalue weighted by Crippen LogP contribution is 2.16. The molecule has 0 amide bonds. The number of benzene rings is 2. The summed E-state index contributed by atoms with van der Waals surface area (Å²) < 4.78 is 11.2. The Balaban J connectivity index is 1.83. The van der Waals surface area contributed by atoms with Crippen molar-refractivity contribution in [2.45, 2.75) is 13.8 Å². The number of ether oxygens (including phenoxy) is 2. The van der Waals surface area contributed by atoms with Gasteiger partial charge in [0.2, 0.25) is 0 Å². The number of nitrogens with zero attached hydrogens (tertiary/aromatic N) is 1. The van der Waals surface area contributed by atoms with Crippen LogP contribution in [0.4, 0.5) is 0 Å². The van der Waals surface area contributed by atoms with Gasteiger partial charge in [-0.2, -0.15) is 5.26 Å². The highest BCUT2D eigenvalue weighted by atomic mass is 16.5. The molecule has 0 spiro atoms.